The Balaban J connectivity index is 1.08. The molecule has 18 unspecified atom stereocenters. The minimum Gasteiger partial charge on any atom is -0.410 e. The number of carbonyl (C=O) groups excluding carboxylic acids is 4. The van der Waals surface area contributed by atoms with Gasteiger partial charge in [0, 0.05) is 26.7 Å². The van der Waals surface area contributed by atoms with Gasteiger partial charge in [-0.2, -0.15) is 0 Å². The van der Waals surface area contributed by atoms with Crippen LogP contribution in [-0.4, -0.2) is 434 Å². The van der Waals surface area contributed by atoms with Crippen LogP contribution >= 0.6 is 0 Å². The number of hydrogen-bond acceptors (Lipinski definition) is 42. The number of aliphatic hydroxyl groups excluding tert-OH is 22. The van der Waals surface area contributed by atoms with Crippen molar-refractivity contribution in [2.45, 2.75) is 286 Å². The molecule has 0 spiro atoms. The number of carbonyl (C=O) groups is 4. The fraction of sp³-hybridized carbons (Fsp3) is 0.932. The lowest BCUT2D eigenvalue weighted by Crippen LogP contribution is -2.71. The number of ether oxygens (including phenoxy) is 16. The van der Waals surface area contributed by atoms with E-state index < -0.39 is 328 Å². The average molecular weight is 1520 g/mol. The van der Waals surface area contributed by atoms with Crippen molar-refractivity contribution < 1.29 is 207 Å². The SMILES string of the molecule is CC(=O)NC1[C@H](O[C@@H]2C(CO)O[C@@H](C)C(NC(C)=O)[C@H]2O)OC(CO)[C@@H](O[C@@H]2OC(CO[C@H]3OC(CO)[C@@H](O)[C@H](O)C3O)[C@@H](O)[C@H](O[C@H]3OC(CO)[C@@H](O)C(O)C3O[C@@H]3OC(CO)[C@@H](O[C@@H]4OC(CO)[C@H](O)[C@H](O[C@]5(OC=O)C[C@@H](O)[C@@H](C)C(C(O)C(O)CO)O5)C4O)[C@H](O)C3NC(C)=O)C2O)[C@@H]1O. The van der Waals surface area contributed by atoms with Crippen molar-refractivity contribution in [2.24, 2.45) is 5.92 Å². The standard InChI is InChI=1S/C59H99N3O42/c1-16-21(74)6-59(90-15-70,103-46(16)33(76)22(75)7-63)104-51-36(79)25(10-66)93-57(45(51)88)100-49-28(13-69)96-54(32(40(49)83)62-20(5)73)102-52-42(85)35(78)24(9-65)94-58(52)101-50-37(80)29(14-89-55-43(86)41(84)34(77)23(8-64)92-55)97-56(44(50)87)99-48-27(12-68)95-53(31(39(48)82)61-19(4)72)98-47-26(11-67)91-17(2)30(38(47)81)60-18(3)71/h15-17,21-58,63-69,74-88H,6-14H2,1-5H3,(H,60,71)(H,61,72)(H,62,73)/t16-,17+,21-,22?,23?,24?,25?,26?,27?,28?,29?,30?,31?,32?,33?,34-,35-,36+,37-,38-,39-,40-,41+,42?,43?,44?,45?,46?,47-,48-,49-,50+,51+,52?,53+,54+,55+,56+,57+,58-,59+/m1/s1. The molecule has 25 N–H and O–H groups in total. The second kappa shape index (κ2) is 37.4. The first-order chi connectivity index (χ1) is 49.2. The molecule has 0 aliphatic carbocycles. The van der Waals surface area contributed by atoms with Gasteiger partial charge < -0.3 is 204 Å². The highest BCUT2D eigenvalue weighted by Crippen LogP contribution is 2.42. The third-order valence-corrected chi connectivity index (χ3v) is 19.3. The Hall–Kier alpha value is -3.60. The van der Waals surface area contributed by atoms with Crippen molar-refractivity contribution in [3.8, 4) is 0 Å². The molecule has 3 amide bonds. The van der Waals surface area contributed by atoms with Crippen LogP contribution in [-0.2, 0) is 95.0 Å². The zero-order chi connectivity index (χ0) is 76.8. The van der Waals surface area contributed by atoms with Crippen molar-refractivity contribution >= 4 is 24.2 Å². The Labute approximate surface area is 590 Å². The summed E-state index contributed by atoms with van der Waals surface area (Å²) in [4.78, 5) is 50.1. The lowest BCUT2D eigenvalue weighted by atomic mass is 9.87. The largest absolute Gasteiger partial charge is 0.410 e. The van der Waals surface area contributed by atoms with Crippen LogP contribution in [0.2, 0.25) is 0 Å². The lowest BCUT2D eigenvalue weighted by Gasteiger charge is -2.51. The monoisotopic (exact) mass is 1520 g/mol. The highest BCUT2D eigenvalue weighted by molar-refractivity contribution is 5.74. The summed E-state index contributed by atoms with van der Waals surface area (Å²) in [6.45, 7) is -2.70. The minimum atomic E-state index is -2.85. The van der Waals surface area contributed by atoms with Crippen molar-refractivity contribution in [3.05, 3.63) is 0 Å². The van der Waals surface area contributed by atoms with E-state index in [1.807, 2.05) is 0 Å². The second-order valence-electron chi connectivity index (χ2n) is 26.6. The van der Waals surface area contributed by atoms with E-state index in [1.54, 1.807) is 0 Å². The third kappa shape index (κ3) is 18.9. The number of amides is 3. The van der Waals surface area contributed by atoms with E-state index in [1.165, 1.54) is 13.8 Å². The molecule has 8 rings (SSSR count). The molecule has 8 fully saturated rings. The van der Waals surface area contributed by atoms with Gasteiger partial charge in [-0.05, 0) is 6.92 Å². The van der Waals surface area contributed by atoms with Gasteiger partial charge in [0.15, 0.2) is 37.7 Å². The maximum Gasteiger partial charge on any atom is 0.332 e. The molecule has 45 nitrogen and oxygen atoms in total. The predicted molar refractivity (Wildman–Crippen MR) is 323 cm³/mol. The van der Waals surface area contributed by atoms with E-state index in [0.717, 1.165) is 20.8 Å². The van der Waals surface area contributed by atoms with Gasteiger partial charge in [0.05, 0.1) is 83.6 Å². The molecule has 104 heavy (non-hydrogen) atoms. The zero-order valence-corrected chi connectivity index (χ0v) is 56.5. The van der Waals surface area contributed by atoms with Gasteiger partial charge in [0.1, 0.15) is 177 Å². The normalized spacial score (nSPS) is 47.9. The van der Waals surface area contributed by atoms with E-state index in [0.29, 0.717) is 0 Å². The van der Waals surface area contributed by atoms with Crippen molar-refractivity contribution in [3.63, 3.8) is 0 Å². The lowest BCUT2D eigenvalue weighted by molar-refractivity contribution is -0.448. The third-order valence-electron chi connectivity index (χ3n) is 19.3. The van der Waals surface area contributed by atoms with Crippen LogP contribution in [0.3, 0.4) is 0 Å². The first-order valence-corrected chi connectivity index (χ1v) is 33.4. The Bertz CT molecular complexity index is 2710. The van der Waals surface area contributed by atoms with Gasteiger partial charge in [-0.25, -0.2) is 0 Å². The fourth-order valence-corrected chi connectivity index (χ4v) is 13.7. The highest BCUT2D eigenvalue weighted by atomic mass is 16.9. The molecular formula is C59H99N3O42. The quantitative estimate of drug-likeness (QED) is 0.0244. The zero-order valence-electron chi connectivity index (χ0n) is 56.5. The van der Waals surface area contributed by atoms with Crippen LogP contribution in [0.1, 0.15) is 41.0 Å². The van der Waals surface area contributed by atoms with Crippen LogP contribution < -0.4 is 16.0 Å². The summed E-state index contributed by atoms with van der Waals surface area (Å²) in [5, 5.41) is 251. The van der Waals surface area contributed by atoms with Crippen LogP contribution in [0.15, 0.2) is 0 Å². The average Bonchev–Trinajstić information content (AvgIpc) is 0.765. The molecule has 41 atom stereocenters. The minimum absolute atomic E-state index is 0.236. The number of aliphatic hydroxyl groups is 22. The molecule has 0 bridgehead atoms. The van der Waals surface area contributed by atoms with Crippen LogP contribution in [0, 0.1) is 5.92 Å². The summed E-state index contributed by atoms with van der Waals surface area (Å²) in [7, 11) is 0. The summed E-state index contributed by atoms with van der Waals surface area (Å²) in [6.07, 6.45) is -72.6. The van der Waals surface area contributed by atoms with Crippen LogP contribution in [0.25, 0.3) is 0 Å². The summed E-state index contributed by atoms with van der Waals surface area (Å²) in [5.74, 6) is -6.38. The summed E-state index contributed by atoms with van der Waals surface area (Å²) in [6, 6.07) is -4.97. The first-order valence-electron chi connectivity index (χ1n) is 33.4. The molecule has 0 radical (unpaired) electrons. The number of nitrogens with one attached hydrogen (secondary N) is 3. The maximum absolute atomic E-state index is 13.1. The van der Waals surface area contributed by atoms with E-state index in [9.17, 15) is 132 Å². The highest BCUT2D eigenvalue weighted by Gasteiger charge is 2.61. The number of rotatable bonds is 29. The smallest absolute Gasteiger partial charge is 0.332 e. The first kappa shape index (κ1) is 86.0. The van der Waals surface area contributed by atoms with Crippen LogP contribution in [0.5, 0.6) is 0 Å². The molecule has 8 aliphatic heterocycles. The van der Waals surface area contributed by atoms with Gasteiger partial charge in [-0.1, -0.05) is 6.92 Å². The Morgan fingerprint density at radius 1 is 0.433 bits per heavy atom. The fourth-order valence-electron chi connectivity index (χ4n) is 13.7. The van der Waals surface area contributed by atoms with Crippen molar-refractivity contribution in [2.75, 3.05) is 52.9 Å². The van der Waals surface area contributed by atoms with E-state index in [2.05, 4.69) is 16.0 Å². The molecule has 8 heterocycles. The maximum atomic E-state index is 13.1. The van der Waals surface area contributed by atoms with Gasteiger partial charge in [0.25, 0.3) is 6.47 Å². The topological polar surface area (TPSA) is 697 Å². The molecule has 0 aromatic carbocycles. The molecule has 45 heteroatoms. The summed E-state index contributed by atoms with van der Waals surface area (Å²) in [5.41, 5.74) is 0. The Kier molecular flexibility index (Phi) is 30.9. The van der Waals surface area contributed by atoms with E-state index in [-0.39, 0.29) is 6.47 Å². The molecular weight excluding hydrogens is 1420 g/mol. The molecule has 0 aromatic rings. The van der Waals surface area contributed by atoms with Gasteiger partial charge >= 0.3 is 5.97 Å². The molecule has 8 aliphatic rings. The second-order valence-corrected chi connectivity index (χ2v) is 26.6. The van der Waals surface area contributed by atoms with Gasteiger partial charge in [0.2, 0.25) is 17.7 Å². The Morgan fingerprint density at radius 2 is 0.827 bits per heavy atom. The van der Waals surface area contributed by atoms with Crippen LogP contribution in [0.4, 0.5) is 0 Å². The summed E-state index contributed by atoms with van der Waals surface area (Å²) < 4.78 is 94.0. The molecule has 8 saturated heterocycles. The van der Waals surface area contributed by atoms with E-state index >= 15 is 0 Å². The molecule has 602 valence electrons. The predicted octanol–water partition coefficient (Wildman–Crippen LogP) is -16.4. The van der Waals surface area contributed by atoms with Gasteiger partial charge in [-0.15, -0.1) is 0 Å². The van der Waals surface area contributed by atoms with Gasteiger partial charge in [-0.3, -0.25) is 19.2 Å². The number of hydrogen-bond donors (Lipinski definition) is 25. The Morgan fingerprint density at radius 3 is 1.32 bits per heavy atom. The molecule has 0 saturated carbocycles. The van der Waals surface area contributed by atoms with E-state index in [4.69, 9.17) is 75.8 Å². The van der Waals surface area contributed by atoms with Crippen molar-refractivity contribution in [1.29, 1.82) is 0 Å². The van der Waals surface area contributed by atoms with Crippen molar-refractivity contribution in [1.82, 2.24) is 16.0 Å². The molecule has 0 aromatic heterocycles. The summed E-state index contributed by atoms with van der Waals surface area (Å²) >= 11 is 0.